The second kappa shape index (κ2) is 11.8. The van der Waals surface area contributed by atoms with Crippen molar-refractivity contribution < 1.29 is 19.0 Å². The van der Waals surface area contributed by atoms with Crippen LogP contribution in [0.4, 0.5) is 0 Å². The van der Waals surface area contributed by atoms with Crippen molar-refractivity contribution in [2.75, 3.05) is 73.2 Å². The molecule has 0 aromatic carbocycles. The van der Waals surface area contributed by atoms with E-state index in [1.165, 1.54) is 19.3 Å². The van der Waals surface area contributed by atoms with E-state index in [1.807, 2.05) is 0 Å². The van der Waals surface area contributed by atoms with Crippen molar-refractivity contribution in [3.05, 3.63) is 0 Å². The van der Waals surface area contributed by atoms with Gasteiger partial charge in [-0.1, -0.05) is 6.42 Å². The van der Waals surface area contributed by atoms with E-state index in [4.69, 9.17) is 14.2 Å². The van der Waals surface area contributed by atoms with E-state index in [0.717, 1.165) is 58.7 Å². The first-order valence-electron chi connectivity index (χ1n) is 11.4. The summed E-state index contributed by atoms with van der Waals surface area (Å²) in [5, 5.41) is 6.71. The smallest absolute Gasteiger partial charge is 0.243 e. The molecule has 172 valence electrons. The first-order chi connectivity index (χ1) is 14.6. The number of likely N-dealkylation sites (N-methyl/N-ethyl adjacent to an activating group) is 1. The molecule has 0 bridgehead atoms. The van der Waals surface area contributed by atoms with Crippen LogP contribution in [0.1, 0.15) is 38.5 Å². The highest BCUT2D eigenvalue weighted by molar-refractivity contribution is 5.84. The monoisotopic (exact) mass is 425 g/mol. The molecule has 30 heavy (non-hydrogen) atoms. The summed E-state index contributed by atoms with van der Waals surface area (Å²) in [6.07, 6.45) is 6.60. The van der Waals surface area contributed by atoms with Crippen molar-refractivity contribution in [3.63, 3.8) is 0 Å². The molecule has 9 heteroatoms. The molecule has 0 aromatic heterocycles. The number of carbonyl (C=O) groups excluding carboxylic acids is 1. The summed E-state index contributed by atoms with van der Waals surface area (Å²) in [7, 11) is 3.49. The molecule has 2 N–H and O–H groups in total. The number of carbonyl (C=O) groups is 1. The lowest BCUT2D eigenvalue weighted by atomic mass is 9.94. The molecule has 2 aliphatic heterocycles. The van der Waals surface area contributed by atoms with E-state index in [1.54, 1.807) is 19.0 Å². The molecule has 2 heterocycles. The van der Waals surface area contributed by atoms with Crippen LogP contribution in [0.2, 0.25) is 0 Å². The van der Waals surface area contributed by atoms with Crippen molar-refractivity contribution in [1.29, 1.82) is 0 Å². The maximum atomic E-state index is 11.9. The third kappa shape index (κ3) is 7.37. The molecule has 3 aliphatic rings. The van der Waals surface area contributed by atoms with Crippen molar-refractivity contribution in [1.82, 2.24) is 20.4 Å². The minimum absolute atomic E-state index is 0.00741. The highest BCUT2D eigenvalue weighted by Gasteiger charge is 2.42. The third-order valence-electron chi connectivity index (χ3n) is 5.94. The number of morpholine rings is 1. The fourth-order valence-electron chi connectivity index (χ4n) is 4.08. The van der Waals surface area contributed by atoms with Gasteiger partial charge in [-0.15, -0.1) is 0 Å². The van der Waals surface area contributed by atoms with Crippen LogP contribution in [-0.2, 0) is 19.0 Å². The van der Waals surface area contributed by atoms with Crippen molar-refractivity contribution in [2.45, 2.75) is 50.4 Å². The lowest BCUT2D eigenvalue weighted by Gasteiger charge is -2.31. The Hall–Kier alpha value is -1.42. The van der Waals surface area contributed by atoms with Crippen LogP contribution in [0.25, 0.3) is 0 Å². The Bertz CT molecular complexity index is 560. The predicted octanol–water partition coefficient (Wildman–Crippen LogP) is 0.408. The Morgan fingerprint density at radius 1 is 1.17 bits per heavy atom. The summed E-state index contributed by atoms with van der Waals surface area (Å²) >= 11 is 0. The topological polar surface area (TPSA) is 87.7 Å². The van der Waals surface area contributed by atoms with E-state index >= 15 is 0 Å². The average molecular weight is 426 g/mol. The maximum absolute atomic E-state index is 11.9. The highest BCUT2D eigenvalue weighted by Crippen LogP contribution is 2.37. The van der Waals surface area contributed by atoms with E-state index < -0.39 is 0 Å². The molecule has 1 amide bonds. The van der Waals surface area contributed by atoms with E-state index in [-0.39, 0.29) is 24.3 Å². The number of ether oxygens (including phenoxy) is 3. The lowest BCUT2D eigenvalue weighted by molar-refractivity contribution is -0.186. The minimum Gasteiger partial charge on any atom is -0.379 e. The van der Waals surface area contributed by atoms with Crippen molar-refractivity contribution in [2.24, 2.45) is 4.99 Å². The first-order valence-corrected chi connectivity index (χ1v) is 11.4. The summed E-state index contributed by atoms with van der Waals surface area (Å²) < 4.78 is 17.7. The molecule has 1 unspecified atom stereocenters. The van der Waals surface area contributed by atoms with Crippen LogP contribution >= 0.6 is 0 Å². The number of nitrogens with one attached hydrogen (secondary N) is 2. The van der Waals surface area contributed by atoms with E-state index in [2.05, 4.69) is 20.5 Å². The zero-order valence-corrected chi connectivity index (χ0v) is 18.7. The Balaban J connectivity index is 1.43. The summed E-state index contributed by atoms with van der Waals surface area (Å²) in [4.78, 5) is 20.4. The van der Waals surface area contributed by atoms with E-state index in [9.17, 15) is 4.79 Å². The molecule has 1 saturated carbocycles. The number of hydrogen-bond acceptors (Lipinski definition) is 6. The summed E-state index contributed by atoms with van der Waals surface area (Å²) in [5.74, 6) is 0.264. The van der Waals surface area contributed by atoms with Gasteiger partial charge in [0.1, 0.15) is 12.6 Å². The standard InChI is InChI=1S/C21H39N5O4/c1-25(2)19(27)16-24-20(22-9-6-10-26-11-13-28-14-12-26)23-15-18-17-29-21(30-18)7-4-3-5-8-21/h18H,3-17H2,1-2H3,(H2,22,23,24). The quantitative estimate of drug-likeness (QED) is 0.331. The van der Waals surface area contributed by atoms with Gasteiger partial charge in [-0.3, -0.25) is 9.69 Å². The van der Waals surface area contributed by atoms with Crippen LogP contribution in [0, 0.1) is 0 Å². The molecule has 3 fully saturated rings. The van der Waals surface area contributed by atoms with Crippen LogP contribution in [0.15, 0.2) is 4.99 Å². The minimum atomic E-state index is -0.367. The van der Waals surface area contributed by atoms with Gasteiger partial charge in [-0.25, -0.2) is 4.99 Å². The van der Waals surface area contributed by atoms with Crippen LogP contribution in [-0.4, -0.2) is 107 Å². The molecule has 3 rings (SSSR count). The van der Waals surface area contributed by atoms with Gasteiger partial charge < -0.3 is 29.7 Å². The largest absolute Gasteiger partial charge is 0.379 e. The first kappa shape index (κ1) is 23.2. The highest BCUT2D eigenvalue weighted by atomic mass is 16.7. The van der Waals surface area contributed by atoms with Gasteiger partial charge >= 0.3 is 0 Å². The summed E-state index contributed by atoms with van der Waals surface area (Å²) in [6.45, 7) is 6.81. The van der Waals surface area contributed by atoms with Gasteiger partial charge in [0.05, 0.1) is 19.8 Å². The molecule has 1 atom stereocenters. The van der Waals surface area contributed by atoms with Gasteiger partial charge in [0.25, 0.3) is 0 Å². The van der Waals surface area contributed by atoms with Gasteiger partial charge in [0, 0.05) is 53.1 Å². The zero-order chi connectivity index (χ0) is 21.2. The summed E-state index contributed by atoms with van der Waals surface area (Å²) in [5.41, 5.74) is 0. The fourth-order valence-corrected chi connectivity index (χ4v) is 4.08. The zero-order valence-electron chi connectivity index (χ0n) is 18.7. The number of aliphatic imine (C=N–C) groups is 1. The molecule has 9 nitrogen and oxygen atoms in total. The van der Waals surface area contributed by atoms with Crippen LogP contribution < -0.4 is 10.6 Å². The number of hydrogen-bond donors (Lipinski definition) is 2. The molecule has 0 radical (unpaired) electrons. The third-order valence-corrected chi connectivity index (χ3v) is 5.94. The predicted molar refractivity (Wildman–Crippen MR) is 116 cm³/mol. The number of rotatable bonds is 8. The number of guanidine groups is 1. The molecular weight excluding hydrogens is 386 g/mol. The molecule has 0 aromatic rings. The molecular formula is C21H39N5O4. The SMILES string of the molecule is CN(C)C(=O)CN=C(NCCCN1CCOCC1)NCC1COC2(CCCCC2)O1. The van der Waals surface area contributed by atoms with Crippen molar-refractivity contribution in [3.8, 4) is 0 Å². The van der Waals surface area contributed by atoms with Gasteiger partial charge in [0.2, 0.25) is 5.91 Å². The van der Waals surface area contributed by atoms with Gasteiger partial charge in [-0.05, 0) is 25.8 Å². The second-order valence-corrected chi connectivity index (χ2v) is 8.59. The maximum Gasteiger partial charge on any atom is 0.243 e. The Kier molecular flexibility index (Phi) is 9.17. The Morgan fingerprint density at radius 2 is 1.93 bits per heavy atom. The number of amides is 1. The van der Waals surface area contributed by atoms with Crippen molar-refractivity contribution >= 4 is 11.9 Å². The normalized spacial score (nSPS) is 24.7. The van der Waals surface area contributed by atoms with Gasteiger partial charge in [0.15, 0.2) is 11.7 Å². The van der Waals surface area contributed by atoms with Gasteiger partial charge in [-0.2, -0.15) is 0 Å². The molecule has 2 saturated heterocycles. The van der Waals surface area contributed by atoms with Crippen LogP contribution in [0.3, 0.4) is 0 Å². The van der Waals surface area contributed by atoms with E-state index in [0.29, 0.717) is 19.1 Å². The molecule has 1 spiro atoms. The average Bonchev–Trinajstić information content (AvgIpc) is 3.15. The fraction of sp³-hybridized carbons (Fsp3) is 0.905. The lowest BCUT2D eigenvalue weighted by Crippen LogP contribution is -2.44. The van der Waals surface area contributed by atoms with Crippen LogP contribution in [0.5, 0.6) is 0 Å². The number of nitrogens with zero attached hydrogens (tertiary/aromatic N) is 3. The molecule has 1 aliphatic carbocycles. The Morgan fingerprint density at radius 3 is 2.67 bits per heavy atom. The Labute approximate surface area is 180 Å². The summed E-state index contributed by atoms with van der Waals surface area (Å²) in [6, 6.07) is 0. The second-order valence-electron chi connectivity index (χ2n) is 8.59.